The molecule has 3 rings (SSSR count). The molecule has 0 radical (unpaired) electrons. The van der Waals surface area contributed by atoms with Gasteiger partial charge in [-0.2, -0.15) is 0 Å². The van der Waals surface area contributed by atoms with Crippen LogP contribution in [0.1, 0.15) is 39.5 Å². The van der Waals surface area contributed by atoms with Gasteiger partial charge in [-0.1, -0.05) is 19.8 Å². The van der Waals surface area contributed by atoms with Crippen molar-refractivity contribution < 1.29 is 0 Å². The van der Waals surface area contributed by atoms with Crippen LogP contribution in [0.4, 0.5) is 5.82 Å². The van der Waals surface area contributed by atoms with Crippen LogP contribution in [0.2, 0.25) is 0 Å². The highest BCUT2D eigenvalue weighted by Crippen LogP contribution is 2.30. The van der Waals surface area contributed by atoms with Gasteiger partial charge in [0.05, 0.1) is 5.39 Å². The molecule has 108 valence electrons. The highest BCUT2D eigenvalue weighted by atomic mass is 15.2. The van der Waals surface area contributed by atoms with Gasteiger partial charge in [0.2, 0.25) is 0 Å². The quantitative estimate of drug-likeness (QED) is 0.924. The summed E-state index contributed by atoms with van der Waals surface area (Å²) in [4.78, 5) is 14.4. The summed E-state index contributed by atoms with van der Waals surface area (Å²) in [6.07, 6.45) is 9.09. The van der Waals surface area contributed by atoms with E-state index >= 15 is 0 Å². The summed E-state index contributed by atoms with van der Waals surface area (Å²) in [7, 11) is 0. The van der Waals surface area contributed by atoms with E-state index in [0.29, 0.717) is 0 Å². The Labute approximate surface area is 120 Å². The maximum absolute atomic E-state index is 4.53. The Morgan fingerprint density at radius 2 is 2.05 bits per heavy atom. The number of anilines is 1. The summed E-state index contributed by atoms with van der Waals surface area (Å²) < 4.78 is 0. The second-order valence-electron chi connectivity index (χ2n) is 6.10. The lowest BCUT2D eigenvalue weighted by Crippen LogP contribution is -2.32. The third-order valence-corrected chi connectivity index (χ3v) is 4.63. The second kappa shape index (κ2) is 5.81. The van der Waals surface area contributed by atoms with Crippen molar-refractivity contribution in [3.8, 4) is 0 Å². The molecule has 1 fully saturated rings. The Kier molecular flexibility index (Phi) is 3.90. The van der Waals surface area contributed by atoms with Crippen molar-refractivity contribution in [2.24, 2.45) is 11.8 Å². The number of fused-ring (bicyclic) bond motifs is 1. The zero-order valence-electron chi connectivity index (χ0n) is 12.5. The number of H-pyrrole nitrogens is 1. The molecule has 1 N–H and O–H groups in total. The van der Waals surface area contributed by atoms with Crippen LogP contribution in [0.5, 0.6) is 0 Å². The molecule has 0 spiro atoms. The predicted molar refractivity (Wildman–Crippen MR) is 82.9 cm³/mol. The molecule has 0 aromatic carbocycles. The fourth-order valence-electron chi connectivity index (χ4n) is 3.30. The molecule has 0 unspecified atom stereocenters. The molecular formula is C16H24N4. The van der Waals surface area contributed by atoms with Gasteiger partial charge in [-0.25, -0.2) is 9.97 Å². The Balaban J connectivity index is 1.77. The van der Waals surface area contributed by atoms with Crippen LogP contribution in [0, 0.1) is 11.8 Å². The zero-order chi connectivity index (χ0) is 13.9. The van der Waals surface area contributed by atoms with Gasteiger partial charge in [0.25, 0.3) is 0 Å². The molecular weight excluding hydrogens is 248 g/mol. The largest absolute Gasteiger partial charge is 0.356 e. The van der Waals surface area contributed by atoms with Crippen LogP contribution in [-0.4, -0.2) is 28.0 Å². The molecule has 0 atom stereocenters. The van der Waals surface area contributed by atoms with Crippen molar-refractivity contribution in [2.45, 2.75) is 39.5 Å². The first-order chi connectivity index (χ1) is 9.78. The molecule has 20 heavy (non-hydrogen) atoms. The Morgan fingerprint density at radius 1 is 1.25 bits per heavy atom. The van der Waals surface area contributed by atoms with Crippen molar-refractivity contribution in [2.75, 3.05) is 18.0 Å². The first-order valence-corrected chi connectivity index (χ1v) is 7.81. The molecule has 1 aliphatic carbocycles. The minimum Gasteiger partial charge on any atom is -0.356 e. The summed E-state index contributed by atoms with van der Waals surface area (Å²) >= 11 is 0. The summed E-state index contributed by atoms with van der Waals surface area (Å²) in [5, 5.41) is 1.14. The predicted octanol–water partition coefficient (Wildman–Crippen LogP) is 3.61. The number of aromatic nitrogens is 3. The highest BCUT2D eigenvalue weighted by molar-refractivity contribution is 5.87. The summed E-state index contributed by atoms with van der Waals surface area (Å²) in [6.45, 7) is 6.72. The van der Waals surface area contributed by atoms with Crippen LogP contribution in [0.3, 0.4) is 0 Å². The van der Waals surface area contributed by atoms with Crippen LogP contribution >= 0.6 is 0 Å². The van der Waals surface area contributed by atoms with Crippen LogP contribution in [0.15, 0.2) is 18.6 Å². The lowest BCUT2D eigenvalue weighted by molar-refractivity contribution is 0.292. The third kappa shape index (κ3) is 2.65. The van der Waals surface area contributed by atoms with E-state index < -0.39 is 0 Å². The summed E-state index contributed by atoms with van der Waals surface area (Å²) in [5.41, 5.74) is 0.936. The van der Waals surface area contributed by atoms with E-state index in [9.17, 15) is 0 Å². The van der Waals surface area contributed by atoms with Gasteiger partial charge >= 0.3 is 0 Å². The summed E-state index contributed by atoms with van der Waals surface area (Å²) in [5.74, 6) is 2.81. The first kappa shape index (κ1) is 13.4. The van der Waals surface area contributed by atoms with Crippen molar-refractivity contribution in [3.63, 3.8) is 0 Å². The average Bonchev–Trinajstić information content (AvgIpc) is 2.95. The van der Waals surface area contributed by atoms with Gasteiger partial charge < -0.3 is 9.88 Å². The second-order valence-corrected chi connectivity index (χ2v) is 6.10. The SMILES string of the molecule is CCN(C[C@H]1CC[C@H](C)CC1)c1ncnc2[nH]ccc12. The Hall–Kier alpha value is -1.58. The normalized spacial score (nSPS) is 23.1. The number of hydrogen-bond acceptors (Lipinski definition) is 3. The molecule has 2 aromatic heterocycles. The highest BCUT2D eigenvalue weighted by Gasteiger charge is 2.21. The number of nitrogens with zero attached hydrogens (tertiary/aromatic N) is 3. The molecule has 0 bridgehead atoms. The van der Waals surface area contributed by atoms with Gasteiger partial charge in [0, 0.05) is 19.3 Å². The third-order valence-electron chi connectivity index (χ3n) is 4.63. The Bertz CT molecular complexity index is 554. The summed E-state index contributed by atoms with van der Waals surface area (Å²) in [6, 6.07) is 2.08. The molecule has 0 aliphatic heterocycles. The fraction of sp³-hybridized carbons (Fsp3) is 0.625. The average molecular weight is 272 g/mol. The van der Waals surface area contributed by atoms with Crippen LogP contribution in [-0.2, 0) is 0 Å². The van der Waals surface area contributed by atoms with E-state index in [1.165, 1.54) is 25.7 Å². The van der Waals surface area contributed by atoms with E-state index in [-0.39, 0.29) is 0 Å². The van der Waals surface area contributed by atoms with E-state index in [1.54, 1.807) is 6.33 Å². The monoisotopic (exact) mass is 272 g/mol. The van der Waals surface area contributed by atoms with Gasteiger partial charge in [-0.3, -0.25) is 0 Å². The van der Waals surface area contributed by atoms with Crippen LogP contribution < -0.4 is 4.90 Å². The molecule has 4 nitrogen and oxygen atoms in total. The van der Waals surface area contributed by atoms with Crippen molar-refractivity contribution >= 4 is 16.9 Å². The van der Waals surface area contributed by atoms with E-state index in [4.69, 9.17) is 0 Å². The molecule has 4 heteroatoms. The lowest BCUT2D eigenvalue weighted by atomic mass is 9.83. The number of rotatable bonds is 4. The maximum Gasteiger partial charge on any atom is 0.142 e. The van der Waals surface area contributed by atoms with Gasteiger partial charge in [-0.05, 0) is 37.7 Å². The molecule has 1 aliphatic rings. The number of aromatic amines is 1. The topological polar surface area (TPSA) is 44.8 Å². The van der Waals surface area contributed by atoms with Crippen molar-refractivity contribution in [3.05, 3.63) is 18.6 Å². The molecule has 0 amide bonds. The minimum absolute atomic E-state index is 0.815. The van der Waals surface area contributed by atoms with Gasteiger partial charge in [-0.15, -0.1) is 0 Å². The molecule has 2 aromatic rings. The maximum atomic E-state index is 4.53. The van der Waals surface area contributed by atoms with Crippen molar-refractivity contribution in [1.82, 2.24) is 15.0 Å². The standard InChI is InChI=1S/C16H24N4/c1-3-20(10-13-6-4-12(2)5-7-13)16-14-8-9-17-15(14)18-11-19-16/h8-9,11-13H,3-7,10H2,1-2H3,(H,17,18,19)/t12-,13-. The van der Waals surface area contributed by atoms with E-state index in [1.807, 2.05) is 6.20 Å². The van der Waals surface area contributed by atoms with E-state index in [2.05, 4.69) is 39.8 Å². The Morgan fingerprint density at radius 3 is 2.80 bits per heavy atom. The first-order valence-electron chi connectivity index (χ1n) is 7.81. The smallest absolute Gasteiger partial charge is 0.142 e. The number of nitrogens with one attached hydrogen (secondary N) is 1. The molecule has 2 heterocycles. The molecule has 0 saturated heterocycles. The minimum atomic E-state index is 0.815. The van der Waals surface area contributed by atoms with Gasteiger partial charge in [0.1, 0.15) is 17.8 Å². The van der Waals surface area contributed by atoms with E-state index in [0.717, 1.165) is 41.8 Å². The molecule has 1 saturated carbocycles. The lowest BCUT2D eigenvalue weighted by Gasteiger charge is -2.32. The fourth-order valence-corrected chi connectivity index (χ4v) is 3.30. The van der Waals surface area contributed by atoms with Crippen LogP contribution in [0.25, 0.3) is 11.0 Å². The zero-order valence-corrected chi connectivity index (χ0v) is 12.5. The van der Waals surface area contributed by atoms with Gasteiger partial charge in [0.15, 0.2) is 0 Å². The number of hydrogen-bond donors (Lipinski definition) is 1. The van der Waals surface area contributed by atoms with Crippen molar-refractivity contribution in [1.29, 1.82) is 0 Å².